The van der Waals surface area contributed by atoms with E-state index in [1.807, 2.05) is 13.8 Å². The van der Waals surface area contributed by atoms with Gasteiger partial charge in [-0.2, -0.15) is 0 Å². The van der Waals surface area contributed by atoms with E-state index in [2.05, 4.69) is 22.2 Å². The molecule has 2 heterocycles. The van der Waals surface area contributed by atoms with Crippen molar-refractivity contribution in [1.82, 2.24) is 20.5 Å². The summed E-state index contributed by atoms with van der Waals surface area (Å²) in [5, 5.41) is 16.0. The highest BCUT2D eigenvalue weighted by Crippen LogP contribution is 2.45. The molecule has 1 aliphatic heterocycles. The average Bonchev–Trinajstić information content (AvgIpc) is 3.53. The van der Waals surface area contributed by atoms with E-state index in [1.54, 1.807) is 72.9 Å². The molecular formula is C35H48N4O9. The summed E-state index contributed by atoms with van der Waals surface area (Å²) in [5.74, 6) is -1.47. The number of pyridine rings is 1. The maximum absolute atomic E-state index is 14.3. The summed E-state index contributed by atoms with van der Waals surface area (Å²) in [6.45, 7) is 17.9. The minimum absolute atomic E-state index is 0.0230. The van der Waals surface area contributed by atoms with Gasteiger partial charge >= 0.3 is 12.1 Å². The van der Waals surface area contributed by atoms with Crippen LogP contribution >= 0.6 is 0 Å². The van der Waals surface area contributed by atoms with Crippen LogP contribution in [0.15, 0.2) is 36.9 Å². The van der Waals surface area contributed by atoms with E-state index in [0.717, 1.165) is 0 Å². The Morgan fingerprint density at radius 2 is 1.81 bits per heavy atom. The zero-order chi connectivity index (χ0) is 35.8. The number of methoxy groups -OCH3 is 1. The summed E-state index contributed by atoms with van der Waals surface area (Å²) in [6, 6.07) is 4.80. The molecule has 2 fully saturated rings. The molecule has 0 radical (unpaired) electrons. The first-order chi connectivity index (χ1) is 22.3. The molecule has 48 heavy (non-hydrogen) atoms. The largest absolute Gasteiger partial charge is 0.497 e. The first-order valence-electron chi connectivity index (χ1n) is 16.1. The molecule has 13 nitrogen and oxygen atoms in total. The van der Waals surface area contributed by atoms with Crippen molar-refractivity contribution in [2.75, 3.05) is 13.7 Å². The first kappa shape index (κ1) is 36.3. The number of nitrogens with zero attached hydrogens (tertiary/aromatic N) is 2. The number of aromatic nitrogens is 1. The zero-order valence-corrected chi connectivity index (χ0v) is 29.2. The van der Waals surface area contributed by atoms with Crippen molar-refractivity contribution < 1.29 is 43.2 Å². The van der Waals surface area contributed by atoms with Crippen molar-refractivity contribution in [2.45, 2.75) is 104 Å². The first-order valence-corrected chi connectivity index (χ1v) is 16.1. The number of amides is 3. The Bertz CT molecular complexity index is 1580. The second-order valence-electron chi connectivity index (χ2n) is 14.7. The number of carbonyl (C=O) groups is 4. The van der Waals surface area contributed by atoms with E-state index >= 15 is 0 Å². The van der Waals surface area contributed by atoms with E-state index in [0.29, 0.717) is 28.3 Å². The van der Waals surface area contributed by atoms with Gasteiger partial charge in [-0.15, -0.1) is 6.58 Å². The van der Waals surface area contributed by atoms with Gasteiger partial charge in [0.05, 0.1) is 25.3 Å². The number of carboxylic acids is 1. The molecule has 1 aliphatic carbocycles. The Hall–Kier alpha value is -4.55. The number of carbonyl (C=O) groups excluding carboxylic acids is 3. The highest BCUT2D eigenvalue weighted by Gasteiger charge is 2.61. The van der Waals surface area contributed by atoms with Gasteiger partial charge in [0.2, 0.25) is 17.7 Å². The van der Waals surface area contributed by atoms with Crippen molar-refractivity contribution in [3.63, 3.8) is 0 Å². The molecule has 3 N–H and O–H groups in total. The van der Waals surface area contributed by atoms with Crippen LogP contribution in [-0.2, 0) is 19.1 Å². The number of aliphatic carboxylic acids is 1. The van der Waals surface area contributed by atoms with Gasteiger partial charge in [-0.25, -0.2) is 14.6 Å². The fourth-order valence-corrected chi connectivity index (χ4v) is 5.79. The fraction of sp³-hybridized carbons (Fsp3) is 0.571. The van der Waals surface area contributed by atoms with E-state index in [-0.39, 0.29) is 25.5 Å². The number of alkyl carbamates (subject to hydrolysis) is 1. The number of carboxylic acid groups (broad SMARTS) is 1. The van der Waals surface area contributed by atoms with Gasteiger partial charge in [-0.3, -0.25) is 9.59 Å². The number of nitrogens with one attached hydrogen (secondary N) is 2. The van der Waals surface area contributed by atoms with Crippen LogP contribution in [0.5, 0.6) is 17.4 Å². The number of likely N-dealkylation sites (tertiary alicyclic amines) is 1. The third kappa shape index (κ3) is 8.11. The molecule has 5 atom stereocenters. The van der Waals surface area contributed by atoms with Gasteiger partial charge in [-0.05, 0) is 58.6 Å². The molecule has 1 aromatic heterocycles. The molecule has 262 valence electrons. The van der Waals surface area contributed by atoms with Gasteiger partial charge in [-0.1, -0.05) is 26.8 Å². The van der Waals surface area contributed by atoms with Gasteiger partial charge in [0.1, 0.15) is 40.8 Å². The van der Waals surface area contributed by atoms with Gasteiger partial charge in [0, 0.05) is 29.9 Å². The highest BCUT2D eigenvalue weighted by molar-refractivity contribution is 5.96. The summed E-state index contributed by atoms with van der Waals surface area (Å²) in [6.07, 6.45) is 0.0946. The fourth-order valence-electron chi connectivity index (χ4n) is 5.79. The standard InChI is InChI=1S/C35H48N4O9/c1-11-20-17-35(20,31(42)43)38-29(40)25-15-22(18-39(25)30(41)28(33(4,5)6)37-32(44)48-34(7,8)9)47-26-16-27(46-19(2)3)36-24-14-21(45-10)12-13-23(24)26/h11-14,16,19-20,22,25,28H,1,15,17-18H2,2-10H3,(H,37,44)(H,38,40)(H,42,43)/t20-,22+,25-,28+,35?/m0/s1. The lowest BCUT2D eigenvalue weighted by atomic mass is 9.85. The van der Waals surface area contributed by atoms with Crippen molar-refractivity contribution in [2.24, 2.45) is 11.3 Å². The lowest BCUT2D eigenvalue weighted by Crippen LogP contribution is -2.59. The SMILES string of the molecule is C=C[C@H]1CC1(NC(=O)[C@@H]1C[C@@H](Oc2cc(OC(C)C)nc3cc(OC)ccc23)CN1C(=O)[C@@H](NC(=O)OC(C)(C)C)C(C)(C)C)C(=O)O. The van der Waals surface area contributed by atoms with Crippen LogP contribution in [0, 0.1) is 11.3 Å². The van der Waals surface area contributed by atoms with Gasteiger partial charge in [0.25, 0.3) is 0 Å². The minimum Gasteiger partial charge on any atom is -0.497 e. The molecular weight excluding hydrogens is 620 g/mol. The number of hydrogen-bond donors (Lipinski definition) is 3. The Morgan fingerprint density at radius 1 is 1.12 bits per heavy atom. The summed E-state index contributed by atoms with van der Waals surface area (Å²) in [4.78, 5) is 59.3. The van der Waals surface area contributed by atoms with Crippen molar-refractivity contribution in [1.29, 1.82) is 0 Å². The predicted molar refractivity (Wildman–Crippen MR) is 178 cm³/mol. The van der Waals surface area contributed by atoms with Crippen LogP contribution in [-0.4, -0.2) is 88.0 Å². The van der Waals surface area contributed by atoms with Gasteiger partial charge < -0.3 is 39.6 Å². The zero-order valence-electron chi connectivity index (χ0n) is 29.2. The number of hydrogen-bond acceptors (Lipinski definition) is 9. The minimum atomic E-state index is -1.51. The topological polar surface area (TPSA) is 166 Å². The Kier molecular flexibility index (Phi) is 10.2. The molecule has 1 saturated heterocycles. The van der Waals surface area contributed by atoms with Crippen molar-refractivity contribution in [3.8, 4) is 17.4 Å². The number of ether oxygens (including phenoxy) is 4. The quantitative estimate of drug-likeness (QED) is 0.291. The third-order valence-corrected chi connectivity index (χ3v) is 8.26. The molecule has 1 unspecified atom stereocenters. The van der Waals surface area contributed by atoms with Gasteiger partial charge in [0.15, 0.2) is 0 Å². The Labute approximate surface area is 281 Å². The maximum atomic E-state index is 14.3. The Morgan fingerprint density at radius 3 is 2.35 bits per heavy atom. The second-order valence-corrected chi connectivity index (χ2v) is 14.7. The lowest BCUT2D eigenvalue weighted by molar-refractivity contribution is -0.146. The molecule has 1 aromatic carbocycles. The maximum Gasteiger partial charge on any atom is 0.408 e. The molecule has 4 rings (SSSR count). The van der Waals surface area contributed by atoms with E-state index in [1.165, 1.54) is 11.0 Å². The van der Waals surface area contributed by atoms with E-state index in [4.69, 9.17) is 18.9 Å². The average molecular weight is 669 g/mol. The number of rotatable bonds is 11. The van der Waals surface area contributed by atoms with Crippen LogP contribution < -0.4 is 24.8 Å². The molecule has 13 heteroatoms. The monoisotopic (exact) mass is 668 g/mol. The smallest absolute Gasteiger partial charge is 0.408 e. The van der Waals surface area contributed by atoms with Crippen LogP contribution in [0.4, 0.5) is 4.79 Å². The summed E-state index contributed by atoms with van der Waals surface area (Å²) < 4.78 is 23.2. The molecule has 2 aliphatic rings. The van der Waals surface area contributed by atoms with E-state index < -0.39 is 64.5 Å². The van der Waals surface area contributed by atoms with Crippen LogP contribution in [0.25, 0.3) is 10.9 Å². The molecule has 0 bridgehead atoms. The van der Waals surface area contributed by atoms with E-state index in [9.17, 15) is 24.3 Å². The van der Waals surface area contributed by atoms with Crippen molar-refractivity contribution in [3.05, 3.63) is 36.9 Å². The number of fused-ring (bicyclic) bond motifs is 1. The Balaban J connectivity index is 1.70. The molecule has 2 aromatic rings. The van der Waals surface area contributed by atoms with Crippen LogP contribution in [0.1, 0.15) is 68.2 Å². The summed E-state index contributed by atoms with van der Waals surface area (Å²) >= 11 is 0. The summed E-state index contributed by atoms with van der Waals surface area (Å²) in [7, 11) is 1.55. The normalized spacial score (nSPS) is 22.9. The summed E-state index contributed by atoms with van der Waals surface area (Å²) in [5.41, 5.74) is -2.54. The van der Waals surface area contributed by atoms with Crippen LogP contribution in [0.2, 0.25) is 0 Å². The predicted octanol–water partition coefficient (Wildman–Crippen LogP) is 4.46. The molecule has 3 amide bonds. The van der Waals surface area contributed by atoms with Crippen molar-refractivity contribution >= 4 is 34.8 Å². The third-order valence-electron chi connectivity index (χ3n) is 8.26. The lowest BCUT2D eigenvalue weighted by Gasteiger charge is -2.35. The van der Waals surface area contributed by atoms with Crippen LogP contribution in [0.3, 0.4) is 0 Å². The highest BCUT2D eigenvalue weighted by atomic mass is 16.6. The second kappa shape index (κ2) is 13.5. The molecule has 1 saturated carbocycles. The molecule has 0 spiro atoms. The number of benzene rings is 1.